The molecular formula is C21H21N3O2S2. The van der Waals surface area contributed by atoms with Crippen molar-refractivity contribution in [3.63, 3.8) is 0 Å². The van der Waals surface area contributed by atoms with E-state index in [1.165, 1.54) is 12.0 Å². The zero-order valence-corrected chi connectivity index (χ0v) is 17.0. The van der Waals surface area contributed by atoms with Gasteiger partial charge in [-0.05, 0) is 61.1 Å². The molecule has 0 atom stereocenters. The number of hydrogen-bond donors (Lipinski definition) is 1. The molecule has 1 aliphatic carbocycles. The number of thioether (sulfide) groups is 1. The number of rotatable bonds is 4. The first-order valence-corrected chi connectivity index (χ1v) is 12.0. The highest BCUT2D eigenvalue weighted by atomic mass is 32.2. The summed E-state index contributed by atoms with van der Waals surface area (Å²) in [6.07, 6.45) is 6.37. The van der Waals surface area contributed by atoms with Crippen LogP contribution in [0, 0.1) is 0 Å². The standard InChI is InChI=1S/C21H21N3O2S2/c25-28(26,19-10-7-15-3-1-2-4-17(15)13-19)23-18-8-5-16(6-9-18)20-14-24-11-12-27-21(24)22-20/h5-10,13-14,23H,1-4,11-12H2. The van der Waals surface area contributed by atoms with Gasteiger partial charge in [-0.1, -0.05) is 30.0 Å². The molecule has 5 nitrogen and oxygen atoms in total. The van der Waals surface area contributed by atoms with E-state index in [-0.39, 0.29) is 0 Å². The number of sulfonamides is 1. The predicted molar refractivity (Wildman–Crippen MR) is 112 cm³/mol. The maximum absolute atomic E-state index is 12.8. The van der Waals surface area contributed by atoms with Crippen LogP contribution < -0.4 is 4.72 Å². The Hall–Kier alpha value is -2.25. The maximum Gasteiger partial charge on any atom is 0.261 e. The number of hydrogen-bond acceptors (Lipinski definition) is 4. The van der Waals surface area contributed by atoms with E-state index in [4.69, 9.17) is 0 Å². The van der Waals surface area contributed by atoms with Crippen molar-refractivity contribution < 1.29 is 8.42 Å². The molecule has 1 N–H and O–H groups in total. The van der Waals surface area contributed by atoms with Crippen molar-refractivity contribution in [2.45, 2.75) is 42.3 Å². The molecule has 144 valence electrons. The lowest BCUT2D eigenvalue weighted by Crippen LogP contribution is -2.14. The van der Waals surface area contributed by atoms with Gasteiger partial charge in [0.1, 0.15) is 0 Å². The minimum Gasteiger partial charge on any atom is -0.325 e. The van der Waals surface area contributed by atoms with Gasteiger partial charge in [0, 0.05) is 29.7 Å². The molecule has 3 aromatic rings. The number of aromatic nitrogens is 2. The Balaban J connectivity index is 1.36. The Kier molecular flexibility index (Phi) is 4.44. The molecule has 28 heavy (non-hydrogen) atoms. The zero-order valence-electron chi connectivity index (χ0n) is 15.4. The Morgan fingerprint density at radius 1 is 1.00 bits per heavy atom. The Morgan fingerprint density at radius 3 is 2.57 bits per heavy atom. The van der Waals surface area contributed by atoms with E-state index in [9.17, 15) is 8.42 Å². The van der Waals surface area contributed by atoms with E-state index in [1.54, 1.807) is 30.0 Å². The molecule has 0 saturated heterocycles. The lowest BCUT2D eigenvalue weighted by atomic mass is 9.92. The van der Waals surface area contributed by atoms with Gasteiger partial charge in [0.25, 0.3) is 10.0 Å². The summed E-state index contributed by atoms with van der Waals surface area (Å²) in [6.45, 7) is 0.992. The van der Waals surface area contributed by atoms with E-state index < -0.39 is 10.0 Å². The van der Waals surface area contributed by atoms with Crippen molar-refractivity contribution >= 4 is 27.5 Å². The fraction of sp³-hybridized carbons (Fsp3) is 0.286. The second kappa shape index (κ2) is 6.97. The molecule has 1 aromatic heterocycles. The van der Waals surface area contributed by atoms with Crippen LogP contribution in [-0.2, 0) is 29.4 Å². The molecule has 2 aromatic carbocycles. The molecule has 0 saturated carbocycles. The van der Waals surface area contributed by atoms with Gasteiger partial charge in [0.15, 0.2) is 5.16 Å². The fourth-order valence-electron chi connectivity index (χ4n) is 3.85. The summed E-state index contributed by atoms with van der Waals surface area (Å²) in [4.78, 5) is 4.97. The molecule has 1 aliphatic heterocycles. The van der Waals surface area contributed by atoms with E-state index >= 15 is 0 Å². The first-order valence-electron chi connectivity index (χ1n) is 9.53. The maximum atomic E-state index is 12.8. The normalized spacial score (nSPS) is 15.9. The number of benzene rings is 2. The molecule has 7 heteroatoms. The lowest BCUT2D eigenvalue weighted by Gasteiger charge is -2.17. The Bertz CT molecular complexity index is 1110. The number of imidazole rings is 1. The number of anilines is 1. The van der Waals surface area contributed by atoms with Crippen LogP contribution in [0.5, 0.6) is 0 Å². The molecule has 2 aliphatic rings. The Labute approximate surface area is 169 Å². The summed E-state index contributed by atoms with van der Waals surface area (Å²) in [5, 5.41) is 1.05. The number of nitrogens with one attached hydrogen (secondary N) is 1. The average Bonchev–Trinajstić information content (AvgIpc) is 3.30. The van der Waals surface area contributed by atoms with Crippen molar-refractivity contribution in [3.8, 4) is 11.3 Å². The quantitative estimate of drug-likeness (QED) is 0.694. The topological polar surface area (TPSA) is 64.0 Å². The first-order chi connectivity index (χ1) is 13.6. The van der Waals surface area contributed by atoms with Gasteiger partial charge < -0.3 is 4.57 Å². The van der Waals surface area contributed by atoms with Crippen molar-refractivity contribution in [1.29, 1.82) is 0 Å². The van der Waals surface area contributed by atoms with Gasteiger partial charge in [-0.25, -0.2) is 13.4 Å². The summed E-state index contributed by atoms with van der Waals surface area (Å²) in [5.41, 5.74) is 4.91. The van der Waals surface area contributed by atoms with Crippen LogP contribution >= 0.6 is 11.8 Å². The van der Waals surface area contributed by atoms with Gasteiger partial charge in [-0.15, -0.1) is 0 Å². The summed E-state index contributed by atoms with van der Waals surface area (Å²) < 4.78 is 30.5. The largest absolute Gasteiger partial charge is 0.325 e. The first kappa shape index (κ1) is 17.8. The SMILES string of the molecule is O=S(=O)(Nc1ccc(-c2cn3c(n2)SCC3)cc1)c1ccc2c(c1)CCCC2. The van der Waals surface area contributed by atoms with Crippen molar-refractivity contribution in [2.75, 3.05) is 10.5 Å². The summed E-state index contributed by atoms with van der Waals surface area (Å²) in [6, 6.07) is 12.9. The Morgan fingerprint density at radius 2 is 1.79 bits per heavy atom. The molecule has 0 fully saturated rings. The molecule has 2 heterocycles. The highest BCUT2D eigenvalue weighted by Crippen LogP contribution is 2.30. The predicted octanol–water partition coefficient (Wildman–Crippen LogP) is 4.34. The number of fused-ring (bicyclic) bond motifs is 2. The molecule has 0 radical (unpaired) electrons. The van der Waals surface area contributed by atoms with Crippen LogP contribution in [0.15, 0.2) is 58.7 Å². The molecule has 0 unspecified atom stereocenters. The lowest BCUT2D eigenvalue weighted by molar-refractivity contribution is 0.600. The van der Waals surface area contributed by atoms with Crippen LogP contribution in [-0.4, -0.2) is 23.7 Å². The smallest absolute Gasteiger partial charge is 0.261 e. The molecule has 0 bridgehead atoms. The number of nitrogens with zero attached hydrogens (tertiary/aromatic N) is 2. The van der Waals surface area contributed by atoms with Crippen molar-refractivity contribution in [3.05, 3.63) is 59.8 Å². The van der Waals surface area contributed by atoms with Crippen LogP contribution in [0.25, 0.3) is 11.3 Å². The van der Waals surface area contributed by atoms with Crippen LogP contribution in [0.1, 0.15) is 24.0 Å². The molecule has 5 rings (SSSR count). The minimum absolute atomic E-state index is 0.333. The van der Waals surface area contributed by atoms with Gasteiger partial charge >= 0.3 is 0 Å². The van der Waals surface area contributed by atoms with Crippen LogP contribution in [0.2, 0.25) is 0 Å². The van der Waals surface area contributed by atoms with Crippen LogP contribution in [0.3, 0.4) is 0 Å². The average molecular weight is 412 g/mol. The van der Waals surface area contributed by atoms with Gasteiger partial charge in [-0.3, -0.25) is 4.72 Å². The van der Waals surface area contributed by atoms with Crippen LogP contribution in [0.4, 0.5) is 5.69 Å². The third-order valence-electron chi connectivity index (χ3n) is 5.37. The van der Waals surface area contributed by atoms with E-state index in [0.717, 1.165) is 53.5 Å². The summed E-state index contributed by atoms with van der Waals surface area (Å²) in [5.74, 6) is 1.08. The van der Waals surface area contributed by atoms with Crippen molar-refractivity contribution in [2.24, 2.45) is 0 Å². The van der Waals surface area contributed by atoms with E-state index in [1.807, 2.05) is 24.3 Å². The fourth-order valence-corrected chi connectivity index (χ4v) is 5.90. The van der Waals surface area contributed by atoms with Gasteiger partial charge in [-0.2, -0.15) is 0 Å². The molecule has 0 amide bonds. The monoisotopic (exact) mass is 411 g/mol. The summed E-state index contributed by atoms with van der Waals surface area (Å²) >= 11 is 1.76. The molecule has 0 spiro atoms. The second-order valence-corrected chi connectivity index (χ2v) is 10.0. The second-order valence-electron chi connectivity index (χ2n) is 7.27. The summed E-state index contributed by atoms with van der Waals surface area (Å²) in [7, 11) is -3.59. The highest BCUT2D eigenvalue weighted by molar-refractivity contribution is 7.99. The zero-order chi connectivity index (χ0) is 19.1. The highest BCUT2D eigenvalue weighted by Gasteiger charge is 2.19. The third-order valence-corrected chi connectivity index (χ3v) is 7.72. The van der Waals surface area contributed by atoms with Crippen molar-refractivity contribution in [1.82, 2.24) is 9.55 Å². The minimum atomic E-state index is -3.59. The number of aryl methyl sites for hydroxylation is 3. The van der Waals surface area contributed by atoms with E-state index in [0.29, 0.717) is 10.6 Å². The van der Waals surface area contributed by atoms with E-state index in [2.05, 4.69) is 20.5 Å². The third kappa shape index (κ3) is 3.33. The van der Waals surface area contributed by atoms with Gasteiger partial charge in [0.05, 0.1) is 10.6 Å². The molecular weight excluding hydrogens is 390 g/mol. The van der Waals surface area contributed by atoms with Gasteiger partial charge in [0.2, 0.25) is 0 Å².